The van der Waals surface area contributed by atoms with E-state index in [0.29, 0.717) is 12.6 Å². The van der Waals surface area contributed by atoms with Crippen LogP contribution in [0.1, 0.15) is 18.4 Å². The summed E-state index contributed by atoms with van der Waals surface area (Å²) < 4.78 is 5.79. The van der Waals surface area contributed by atoms with Gasteiger partial charge >= 0.3 is 0 Å². The van der Waals surface area contributed by atoms with Crippen LogP contribution in [0.2, 0.25) is 0 Å². The number of benzene rings is 1. The van der Waals surface area contributed by atoms with Crippen molar-refractivity contribution < 1.29 is 4.74 Å². The second kappa shape index (κ2) is 7.43. The molecule has 1 aliphatic heterocycles. The van der Waals surface area contributed by atoms with Crippen LogP contribution in [0.5, 0.6) is 5.75 Å². The molecule has 21 heavy (non-hydrogen) atoms. The van der Waals surface area contributed by atoms with E-state index in [1.165, 1.54) is 19.4 Å². The van der Waals surface area contributed by atoms with Crippen molar-refractivity contribution in [1.29, 1.82) is 5.41 Å². The Kier molecular flexibility index (Phi) is 5.59. The Morgan fingerprint density at radius 3 is 2.71 bits per heavy atom. The highest BCUT2D eigenvalue weighted by molar-refractivity contribution is 5.94. The van der Waals surface area contributed by atoms with Gasteiger partial charge in [0, 0.05) is 24.7 Å². The number of hydrogen-bond donors (Lipinski definition) is 2. The summed E-state index contributed by atoms with van der Waals surface area (Å²) in [5, 5.41) is 7.36. The van der Waals surface area contributed by atoms with Crippen LogP contribution in [0.25, 0.3) is 0 Å². The second-order valence-electron chi connectivity index (χ2n) is 5.88. The summed E-state index contributed by atoms with van der Waals surface area (Å²) in [6.07, 6.45) is 2.57. The highest BCUT2D eigenvalue weighted by atomic mass is 16.5. The molecule has 0 saturated carbocycles. The van der Waals surface area contributed by atoms with Gasteiger partial charge in [-0.1, -0.05) is 0 Å². The van der Waals surface area contributed by atoms with Crippen LogP contribution in [-0.2, 0) is 0 Å². The summed E-state index contributed by atoms with van der Waals surface area (Å²) in [5.41, 5.74) is 6.16. The van der Waals surface area contributed by atoms with Crippen molar-refractivity contribution in [2.24, 2.45) is 5.73 Å². The first kappa shape index (κ1) is 15.8. The first-order chi connectivity index (χ1) is 10.1. The van der Waals surface area contributed by atoms with Crippen LogP contribution in [0, 0.1) is 5.41 Å². The minimum atomic E-state index is 0.0881. The lowest BCUT2D eigenvalue weighted by Crippen LogP contribution is -2.39. The molecular weight excluding hydrogens is 264 g/mol. The van der Waals surface area contributed by atoms with Crippen molar-refractivity contribution in [2.45, 2.75) is 18.9 Å². The summed E-state index contributed by atoms with van der Waals surface area (Å²) in [4.78, 5) is 4.77. The minimum absolute atomic E-state index is 0.0881. The molecule has 0 aromatic heterocycles. The number of nitrogen functional groups attached to an aromatic ring is 1. The van der Waals surface area contributed by atoms with Gasteiger partial charge < -0.3 is 15.4 Å². The summed E-state index contributed by atoms with van der Waals surface area (Å²) in [6.45, 7) is 3.95. The lowest BCUT2D eigenvalue weighted by molar-refractivity contribution is 0.172. The number of ether oxygens (including phenoxy) is 1. The van der Waals surface area contributed by atoms with E-state index in [-0.39, 0.29) is 5.84 Å². The number of likely N-dealkylation sites (N-methyl/N-ethyl adjacent to an activating group) is 1. The molecule has 2 rings (SSSR count). The first-order valence-electron chi connectivity index (χ1n) is 7.52. The van der Waals surface area contributed by atoms with Crippen LogP contribution in [0.3, 0.4) is 0 Å². The molecule has 1 aromatic rings. The van der Waals surface area contributed by atoms with Crippen molar-refractivity contribution in [3.63, 3.8) is 0 Å². The average molecular weight is 290 g/mol. The summed E-state index contributed by atoms with van der Waals surface area (Å²) >= 11 is 0. The molecule has 1 aliphatic rings. The van der Waals surface area contributed by atoms with Crippen molar-refractivity contribution >= 4 is 5.84 Å². The standard InChI is InChI=1S/C16H26N4O/c1-19(2)12-14-4-3-9-20(14)10-11-21-15-7-5-13(6-8-15)16(17)18/h5-8,14H,3-4,9-12H2,1-2H3,(H3,17,18). The number of hydrogen-bond acceptors (Lipinski definition) is 4. The summed E-state index contributed by atoms with van der Waals surface area (Å²) in [7, 11) is 4.26. The van der Waals surface area contributed by atoms with Crippen molar-refractivity contribution in [2.75, 3.05) is 40.3 Å². The highest BCUT2D eigenvalue weighted by Crippen LogP contribution is 2.18. The molecule has 5 nitrogen and oxygen atoms in total. The van der Waals surface area contributed by atoms with E-state index >= 15 is 0 Å². The Balaban J connectivity index is 1.77. The van der Waals surface area contributed by atoms with Gasteiger partial charge in [-0.2, -0.15) is 0 Å². The molecule has 1 atom stereocenters. The lowest BCUT2D eigenvalue weighted by atomic mass is 10.2. The smallest absolute Gasteiger partial charge is 0.122 e. The maximum Gasteiger partial charge on any atom is 0.122 e. The first-order valence-corrected chi connectivity index (χ1v) is 7.52. The predicted octanol–water partition coefficient (Wildman–Crippen LogP) is 1.38. The zero-order valence-electron chi connectivity index (χ0n) is 13.0. The van der Waals surface area contributed by atoms with E-state index < -0.39 is 0 Å². The molecule has 1 aromatic carbocycles. The van der Waals surface area contributed by atoms with Crippen LogP contribution >= 0.6 is 0 Å². The molecule has 1 heterocycles. The molecule has 3 N–H and O–H groups in total. The molecule has 5 heteroatoms. The Labute approximate surface area is 127 Å². The maximum absolute atomic E-state index is 7.36. The second-order valence-corrected chi connectivity index (χ2v) is 5.88. The molecule has 0 radical (unpaired) electrons. The topological polar surface area (TPSA) is 65.6 Å². The van der Waals surface area contributed by atoms with Crippen molar-refractivity contribution in [1.82, 2.24) is 9.80 Å². The third-order valence-corrected chi connectivity index (χ3v) is 3.89. The molecule has 116 valence electrons. The molecular formula is C16H26N4O. The van der Waals surface area contributed by atoms with Gasteiger partial charge in [0.2, 0.25) is 0 Å². The largest absolute Gasteiger partial charge is 0.492 e. The number of nitrogens with one attached hydrogen (secondary N) is 1. The number of likely N-dealkylation sites (tertiary alicyclic amines) is 1. The van der Waals surface area contributed by atoms with Crippen molar-refractivity contribution in [3.05, 3.63) is 29.8 Å². The Bertz CT molecular complexity index is 458. The number of rotatable bonds is 7. The predicted molar refractivity (Wildman–Crippen MR) is 86.1 cm³/mol. The summed E-state index contributed by atoms with van der Waals surface area (Å²) in [6, 6.07) is 8.05. The Hall–Kier alpha value is -1.59. The van der Waals surface area contributed by atoms with Gasteiger partial charge in [0.1, 0.15) is 18.2 Å². The SMILES string of the molecule is CN(C)CC1CCCN1CCOc1ccc(C(=N)N)cc1. The van der Waals surface area contributed by atoms with E-state index in [2.05, 4.69) is 23.9 Å². The van der Waals surface area contributed by atoms with E-state index in [9.17, 15) is 0 Å². The van der Waals surface area contributed by atoms with E-state index in [1.54, 1.807) is 0 Å². The molecule has 0 bridgehead atoms. The van der Waals surface area contributed by atoms with E-state index in [1.807, 2.05) is 24.3 Å². The zero-order chi connectivity index (χ0) is 15.2. The van der Waals surface area contributed by atoms with Gasteiger partial charge in [0.25, 0.3) is 0 Å². The minimum Gasteiger partial charge on any atom is -0.492 e. The highest BCUT2D eigenvalue weighted by Gasteiger charge is 2.24. The maximum atomic E-state index is 7.36. The molecule has 1 unspecified atom stereocenters. The molecule has 0 aliphatic carbocycles. The van der Waals surface area contributed by atoms with Crippen LogP contribution in [0.4, 0.5) is 0 Å². The number of nitrogens with two attached hydrogens (primary N) is 1. The third-order valence-electron chi connectivity index (χ3n) is 3.89. The molecule has 1 fully saturated rings. The fourth-order valence-corrected chi connectivity index (χ4v) is 2.83. The van der Waals surface area contributed by atoms with E-state index in [4.69, 9.17) is 15.9 Å². The normalized spacial score (nSPS) is 19.1. The molecule has 0 amide bonds. The quantitative estimate of drug-likeness (QED) is 0.588. The van der Waals surface area contributed by atoms with Crippen LogP contribution in [-0.4, -0.2) is 62.0 Å². The lowest BCUT2D eigenvalue weighted by Gasteiger charge is -2.26. The van der Waals surface area contributed by atoms with Gasteiger partial charge in [0.05, 0.1) is 0 Å². The Morgan fingerprint density at radius 2 is 2.10 bits per heavy atom. The number of nitrogens with zero attached hydrogens (tertiary/aromatic N) is 2. The van der Waals surface area contributed by atoms with Gasteiger partial charge in [-0.3, -0.25) is 10.3 Å². The van der Waals surface area contributed by atoms with Gasteiger partial charge in [-0.25, -0.2) is 0 Å². The molecule has 1 saturated heterocycles. The molecule has 0 spiro atoms. The Morgan fingerprint density at radius 1 is 1.38 bits per heavy atom. The fourth-order valence-electron chi connectivity index (χ4n) is 2.83. The van der Waals surface area contributed by atoms with Crippen molar-refractivity contribution in [3.8, 4) is 5.75 Å². The number of amidine groups is 1. The zero-order valence-corrected chi connectivity index (χ0v) is 13.0. The van der Waals surface area contributed by atoms with E-state index in [0.717, 1.165) is 24.4 Å². The van der Waals surface area contributed by atoms with Gasteiger partial charge in [0.15, 0.2) is 0 Å². The van der Waals surface area contributed by atoms with Gasteiger partial charge in [-0.05, 0) is 57.7 Å². The monoisotopic (exact) mass is 290 g/mol. The van der Waals surface area contributed by atoms with Gasteiger partial charge in [-0.15, -0.1) is 0 Å². The third kappa shape index (κ3) is 4.72. The average Bonchev–Trinajstić information content (AvgIpc) is 2.86. The summed E-state index contributed by atoms with van der Waals surface area (Å²) in [5.74, 6) is 0.925. The fraction of sp³-hybridized carbons (Fsp3) is 0.562. The van der Waals surface area contributed by atoms with Crippen LogP contribution in [0.15, 0.2) is 24.3 Å². The van der Waals surface area contributed by atoms with Crippen LogP contribution < -0.4 is 10.5 Å².